The molecule has 6 heteroatoms. The summed E-state index contributed by atoms with van der Waals surface area (Å²) in [6, 6.07) is 4.00. The van der Waals surface area contributed by atoms with E-state index in [1.165, 1.54) is 25.3 Å². The maximum Gasteiger partial charge on any atom is 0.340 e. The molecule has 2 rings (SSSR count). The van der Waals surface area contributed by atoms with Gasteiger partial charge in [0.25, 0.3) is 0 Å². The van der Waals surface area contributed by atoms with E-state index in [-0.39, 0.29) is 5.56 Å². The Kier molecular flexibility index (Phi) is 4.34. The lowest BCUT2D eigenvalue weighted by Gasteiger charge is -2.10. The number of rotatable bonds is 4. The van der Waals surface area contributed by atoms with Gasteiger partial charge in [-0.15, -0.1) is 11.3 Å². The average molecular weight is 294 g/mol. The average Bonchev–Trinajstić information content (AvgIpc) is 2.74. The highest BCUT2D eigenvalue weighted by molar-refractivity contribution is 7.11. The second kappa shape index (κ2) is 6.00. The Morgan fingerprint density at radius 2 is 2.20 bits per heavy atom. The molecule has 1 aromatic heterocycles. The van der Waals surface area contributed by atoms with Crippen LogP contribution in [0.5, 0.6) is 0 Å². The molecule has 0 aliphatic carbocycles. The third kappa shape index (κ3) is 3.14. The number of hydrogen-bond acceptors (Lipinski definition) is 5. The first-order valence-corrected chi connectivity index (χ1v) is 6.87. The first-order chi connectivity index (χ1) is 9.51. The van der Waals surface area contributed by atoms with Gasteiger partial charge in [-0.05, 0) is 32.0 Å². The van der Waals surface area contributed by atoms with Gasteiger partial charge in [0.2, 0.25) is 0 Å². The number of aryl methyl sites for hydroxylation is 2. The fraction of sp³-hybridized carbons (Fsp3) is 0.286. The number of hydrogen-bond donors (Lipinski definition) is 1. The van der Waals surface area contributed by atoms with Crippen molar-refractivity contribution in [2.45, 2.75) is 20.4 Å². The minimum atomic E-state index is -0.566. The molecule has 0 amide bonds. The maximum atomic E-state index is 13.2. The highest BCUT2D eigenvalue weighted by Crippen LogP contribution is 2.22. The lowest BCUT2D eigenvalue weighted by atomic mass is 10.1. The van der Waals surface area contributed by atoms with Crippen molar-refractivity contribution in [3.63, 3.8) is 0 Å². The van der Waals surface area contributed by atoms with Gasteiger partial charge in [-0.25, -0.2) is 14.2 Å². The predicted octanol–water partition coefficient (Wildman–Crippen LogP) is 3.30. The number of nitrogens with one attached hydrogen (secondary N) is 1. The van der Waals surface area contributed by atoms with Crippen molar-refractivity contribution < 1.29 is 13.9 Å². The van der Waals surface area contributed by atoms with Gasteiger partial charge in [0.15, 0.2) is 0 Å². The van der Waals surface area contributed by atoms with Gasteiger partial charge in [-0.2, -0.15) is 0 Å². The zero-order chi connectivity index (χ0) is 14.7. The van der Waals surface area contributed by atoms with Gasteiger partial charge in [0.05, 0.1) is 29.9 Å². The highest BCUT2D eigenvalue weighted by atomic mass is 32.1. The Hall–Kier alpha value is -1.95. The number of methoxy groups -OCH3 is 1. The van der Waals surface area contributed by atoms with E-state index in [4.69, 9.17) is 0 Å². The van der Waals surface area contributed by atoms with Crippen LogP contribution >= 0.6 is 11.3 Å². The van der Waals surface area contributed by atoms with E-state index in [0.29, 0.717) is 12.2 Å². The van der Waals surface area contributed by atoms with Gasteiger partial charge in [-0.1, -0.05) is 0 Å². The van der Waals surface area contributed by atoms with Crippen LogP contribution in [-0.2, 0) is 11.3 Å². The number of carbonyl (C=O) groups excluding carboxylic acids is 1. The molecule has 4 nitrogen and oxygen atoms in total. The summed E-state index contributed by atoms with van der Waals surface area (Å²) in [7, 11) is 1.27. The van der Waals surface area contributed by atoms with Crippen molar-refractivity contribution in [1.29, 1.82) is 0 Å². The van der Waals surface area contributed by atoms with Crippen LogP contribution in [0.1, 0.15) is 25.9 Å². The predicted molar refractivity (Wildman–Crippen MR) is 76.7 cm³/mol. The van der Waals surface area contributed by atoms with Crippen molar-refractivity contribution >= 4 is 23.0 Å². The van der Waals surface area contributed by atoms with Gasteiger partial charge < -0.3 is 10.1 Å². The van der Waals surface area contributed by atoms with Crippen LogP contribution in [-0.4, -0.2) is 18.1 Å². The molecule has 0 spiro atoms. The lowest BCUT2D eigenvalue weighted by Crippen LogP contribution is -2.08. The third-order valence-electron chi connectivity index (χ3n) is 2.83. The van der Waals surface area contributed by atoms with E-state index < -0.39 is 11.8 Å². The molecule has 0 atom stereocenters. The summed E-state index contributed by atoms with van der Waals surface area (Å²) >= 11 is 1.59. The van der Waals surface area contributed by atoms with Crippen LogP contribution in [0.15, 0.2) is 18.2 Å². The Bertz CT molecular complexity index is 640. The second-order valence-electron chi connectivity index (χ2n) is 4.28. The molecule has 1 heterocycles. The summed E-state index contributed by atoms with van der Waals surface area (Å²) in [4.78, 5) is 17.1. The van der Waals surface area contributed by atoms with Crippen molar-refractivity contribution in [3.8, 4) is 0 Å². The van der Waals surface area contributed by atoms with Crippen LogP contribution in [0, 0.1) is 19.7 Å². The Morgan fingerprint density at radius 1 is 1.45 bits per heavy atom. The SMILES string of the molecule is COC(=O)c1cc(F)ccc1NCc1sc(C)nc1C. The number of benzene rings is 1. The highest BCUT2D eigenvalue weighted by Gasteiger charge is 2.13. The summed E-state index contributed by atoms with van der Waals surface area (Å²) in [5.41, 5.74) is 1.69. The van der Waals surface area contributed by atoms with E-state index in [0.717, 1.165) is 15.6 Å². The number of aromatic nitrogens is 1. The number of thiazole rings is 1. The molecular formula is C14H15FN2O2S. The maximum absolute atomic E-state index is 13.2. The Labute approximate surface area is 120 Å². The standard InChI is InChI=1S/C14H15FN2O2S/c1-8-13(20-9(2)17-8)7-16-12-5-4-10(15)6-11(12)14(18)19-3/h4-6,16H,7H2,1-3H3. The molecule has 0 radical (unpaired) electrons. The molecule has 106 valence electrons. The van der Waals surface area contributed by atoms with E-state index in [1.807, 2.05) is 13.8 Å². The summed E-state index contributed by atoms with van der Waals surface area (Å²) in [5, 5.41) is 4.12. The lowest BCUT2D eigenvalue weighted by molar-refractivity contribution is 0.0601. The zero-order valence-electron chi connectivity index (χ0n) is 11.5. The summed E-state index contributed by atoms with van der Waals surface area (Å²) in [6.45, 7) is 4.41. The second-order valence-corrected chi connectivity index (χ2v) is 5.56. The first kappa shape index (κ1) is 14.5. The van der Waals surface area contributed by atoms with Crippen LogP contribution in [0.2, 0.25) is 0 Å². The monoisotopic (exact) mass is 294 g/mol. The molecule has 0 saturated carbocycles. The molecular weight excluding hydrogens is 279 g/mol. The quantitative estimate of drug-likeness (QED) is 0.879. The topological polar surface area (TPSA) is 51.2 Å². The minimum absolute atomic E-state index is 0.186. The van der Waals surface area contributed by atoms with E-state index in [2.05, 4.69) is 15.0 Å². The summed E-state index contributed by atoms with van der Waals surface area (Å²) < 4.78 is 17.9. The molecule has 0 fully saturated rings. The summed E-state index contributed by atoms with van der Waals surface area (Å²) in [6.07, 6.45) is 0. The van der Waals surface area contributed by atoms with Crippen molar-refractivity contribution in [3.05, 3.63) is 45.2 Å². The molecule has 0 unspecified atom stereocenters. The van der Waals surface area contributed by atoms with E-state index >= 15 is 0 Å². The number of carbonyl (C=O) groups is 1. The molecule has 20 heavy (non-hydrogen) atoms. The van der Waals surface area contributed by atoms with Gasteiger partial charge in [-0.3, -0.25) is 0 Å². The van der Waals surface area contributed by atoms with Crippen molar-refractivity contribution in [2.75, 3.05) is 12.4 Å². The largest absolute Gasteiger partial charge is 0.465 e. The van der Waals surface area contributed by atoms with Crippen LogP contribution < -0.4 is 5.32 Å². The normalized spacial score (nSPS) is 10.4. The minimum Gasteiger partial charge on any atom is -0.465 e. The van der Waals surface area contributed by atoms with Gasteiger partial charge >= 0.3 is 5.97 Å². The van der Waals surface area contributed by atoms with Gasteiger partial charge in [0.1, 0.15) is 5.82 Å². The fourth-order valence-corrected chi connectivity index (χ4v) is 2.74. The molecule has 0 aliphatic rings. The van der Waals surface area contributed by atoms with Crippen LogP contribution in [0.4, 0.5) is 10.1 Å². The van der Waals surface area contributed by atoms with Crippen molar-refractivity contribution in [1.82, 2.24) is 4.98 Å². The molecule has 1 N–H and O–H groups in total. The van der Waals surface area contributed by atoms with Crippen LogP contribution in [0.25, 0.3) is 0 Å². The third-order valence-corrected chi connectivity index (χ3v) is 3.90. The molecule has 2 aromatic rings. The number of esters is 1. The van der Waals surface area contributed by atoms with Gasteiger partial charge in [0, 0.05) is 10.6 Å². The Balaban J connectivity index is 2.21. The molecule has 0 aliphatic heterocycles. The molecule has 0 bridgehead atoms. The number of anilines is 1. The number of nitrogens with zero attached hydrogens (tertiary/aromatic N) is 1. The number of halogens is 1. The van der Waals surface area contributed by atoms with E-state index in [1.54, 1.807) is 11.3 Å². The Morgan fingerprint density at radius 3 is 2.80 bits per heavy atom. The summed E-state index contributed by atoms with van der Waals surface area (Å²) in [5.74, 6) is -1.04. The van der Waals surface area contributed by atoms with E-state index in [9.17, 15) is 9.18 Å². The first-order valence-electron chi connectivity index (χ1n) is 6.06. The molecule has 0 saturated heterocycles. The molecule has 1 aromatic carbocycles. The smallest absolute Gasteiger partial charge is 0.340 e. The van der Waals surface area contributed by atoms with Crippen molar-refractivity contribution in [2.24, 2.45) is 0 Å². The fourth-order valence-electron chi connectivity index (χ4n) is 1.86. The van der Waals surface area contributed by atoms with Crippen LogP contribution in [0.3, 0.4) is 0 Å². The zero-order valence-corrected chi connectivity index (χ0v) is 12.3. The number of ether oxygens (including phenoxy) is 1.